The molecule has 198 valence electrons. The second-order valence-electron chi connectivity index (χ2n) is 10.6. The Balaban J connectivity index is 1.27. The summed E-state index contributed by atoms with van der Waals surface area (Å²) in [7, 11) is 0. The number of hydrogen-bond donors (Lipinski definition) is 0. The molecule has 0 radical (unpaired) electrons. The number of rotatable bonds is 11. The molecule has 0 atom stereocenters. The minimum atomic E-state index is -0.763. The van der Waals surface area contributed by atoms with Crippen molar-refractivity contribution < 1.29 is 17.9 Å². The van der Waals surface area contributed by atoms with E-state index in [-0.39, 0.29) is 5.82 Å². The molecule has 0 N–H and O–H groups in total. The maximum Gasteiger partial charge on any atom is 0.166 e. The van der Waals surface area contributed by atoms with Gasteiger partial charge >= 0.3 is 0 Å². The fraction of sp³-hybridized carbons (Fsp3) is 0.455. The highest BCUT2D eigenvalue weighted by Crippen LogP contribution is 2.39. The fourth-order valence-corrected chi connectivity index (χ4v) is 5.48. The Hall–Kier alpha value is -2.75. The number of halogens is 3. The van der Waals surface area contributed by atoms with Crippen molar-refractivity contribution in [2.75, 3.05) is 6.61 Å². The highest BCUT2D eigenvalue weighted by molar-refractivity contribution is 5.65. The number of unbranched alkanes of at least 4 members (excludes halogenated alkanes) is 3. The summed E-state index contributed by atoms with van der Waals surface area (Å²) in [4.78, 5) is 0. The van der Waals surface area contributed by atoms with Crippen LogP contribution in [0.25, 0.3) is 11.1 Å². The first-order valence-electron chi connectivity index (χ1n) is 13.9. The maximum absolute atomic E-state index is 14.8. The van der Waals surface area contributed by atoms with Crippen LogP contribution in [0.1, 0.15) is 87.3 Å². The van der Waals surface area contributed by atoms with E-state index in [0.717, 1.165) is 56.1 Å². The summed E-state index contributed by atoms with van der Waals surface area (Å²) in [5, 5.41) is 0. The van der Waals surface area contributed by atoms with Gasteiger partial charge in [-0.3, -0.25) is 0 Å². The first kappa shape index (κ1) is 27.3. The third kappa shape index (κ3) is 7.18. The molecule has 1 fully saturated rings. The Labute approximate surface area is 220 Å². The van der Waals surface area contributed by atoms with Gasteiger partial charge in [0.15, 0.2) is 23.2 Å². The Morgan fingerprint density at radius 3 is 2.27 bits per heavy atom. The summed E-state index contributed by atoms with van der Waals surface area (Å²) in [6.45, 7) is 4.69. The largest absolute Gasteiger partial charge is 0.491 e. The molecule has 0 heterocycles. The lowest BCUT2D eigenvalue weighted by molar-refractivity contribution is 0.288. The highest BCUT2D eigenvalue weighted by atomic mass is 19.2. The zero-order chi connectivity index (χ0) is 26.2. The second kappa shape index (κ2) is 13.2. The molecule has 4 heteroatoms. The molecule has 0 aliphatic heterocycles. The van der Waals surface area contributed by atoms with E-state index in [1.165, 1.54) is 12.8 Å². The number of aryl methyl sites for hydroxylation is 2. The zero-order valence-corrected chi connectivity index (χ0v) is 22.2. The minimum Gasteiger partial charge on any atom is -0.491 e. The maximum atomic E-state index is 14.8. The molecule has 0 amide bonds. The molecule has 0 saturated heterocycles. The van der Waals surface area contributed by atoms with Gasteiger partial charge in [-0.05, 0) is 92.5 Å². The Morgan fingerprint density at radius 1 is 0.811 bits per heavy atom. The van der Waals surface area contributed by atoms with Crippen LogP contribution in [0.2, 0.25) is 0 Å². The van der Waals surface area contributed by atoms with Crippen LogP contribution in [0.5, 0.6) is 5.75 Å². The van der Waals surface area contributed by atoms with E-state index < -0.39 is 11.6 Å². The number of benzene rings is 3. The van der Waals surface area contributed by atoms with Gasteiger partial charge in [-0.1, -0.05) is 74.2 Å². The van der Waals surface area contributed by atoms with E-state index in [9.17, 15) is 13.2 Å². The first-order chi connectivity index (χ1) is 18.0. The van der Waals surface area contributed by atoms with Crippen molar-refractivity contribution in [3.8, 4) is 16.9 Å². The van der Waals surface area contributed by atoms with Crippen molar-refractivity contribution in [2.24, 2.45) is 5.92 Å². The molecule has 1 aliphatic rings. The molecule has 1 saturated carbocycles. The lowest BCUT2D eigenvalue weighted by Crippen LogP contribution is -2.14. The van der Waals surface area contributed by atoms with Crippen LogP contribution >= 0.6 is 0 Å². The third-order valence-corrected chi connectivity index (χ3v) is 7.88. The van der Waals surface area contributed by atoms with Gasteiger partial charge in [0.2, 0.25) is 0 Å². The Kier molecular flexibility index (Phi) is 9.71. The molecular formula is C33H39F3O. The zero-order valence-electron chi connectivity index (χ0n) is 22.2. The van der Waals surface area contributed by atoms with Gasteiger partial charge in [-0.15, -0.1) is 0 Å². The molecule has 0 bridgehead atoms. The smallest absolute Gasteiger partial charge is 0.166 e. The van der Waals surface area contributed by atoms with Gasteiger partial charge in [0.05, 0.1) is 6.61 Å². The minimum absolute atomic E-state index is 0.276. The van der Waals surface area contributed by atoms with Gasteiger partial charge in [0.1, 0.15) is 0 Å². The van der Waals surface area contributed by atoms with Gasteiger partial charge in [-0.2, -0.15) is 0 Å². The van der Waals surface area contributed by atoms with E-state index in [2.05, 4.69) is 6.92 Å². The molecular weight excluding hydrogens is 469 g/mol. The van der Waals surface area contributed by atoms with Crippen LogP contribution in [-0.4, -0.2) is 6.61 Å². The number of ether oxygens (including phenoxy) is 1. The van der Waals surface area contributed by atoms with Gasteiger partial charge in [0, 0.05) is 5.56 Å². The predicted octanol–water partition coefficient (Wildman–Crippen LogP) is 9.95. The van der Waals surface area contributed by atoms with Gasteiger partial charge in [0.25, 0.3) is 0 Å². The van der Waals surface area contributed by atoms with Crippen molar-refractivity contribution in [3.63, 3.8) is 0 Å². The predicted molar refractivity (Wildman–Crippen MR) is 146 cm³/mol. The average Bonchev–Trinajstić information content (AvgIpc) is 2.91. The van der Waals surface area contributed by atoms with Crippen LogP contribution in [0.4, 0.5) is 13.2 Å². The summed E-state index contributed by atoms with van der Waals surface area (Å²) in [6.07, 6.45) is 9.81. The van der Waals surface area contributed by atoms with Crippen LogP contribution in [0, 0.1) is 30.3 Å². The molecule has 1 aliphatic carbocycles. The lowest BCUT2D eigenvalue weighted by Gasteiger charge is -2.29. The molecule has 0 aromatic heterocycles. The van der Waals surface area contributed by atoms with Crippen molar-refractivity contribution in [1.82, 2.24) is 0 Å². The van der Waals surface area contributed by atoms with E-state index >= 15 is 0 Å². The molecule has 3 aromatic carbocycles. The molecule has 0 spiro atoms. The molecule has 1 nitrogen and oxygen atoms in total. The molecule has 37 heavy (non-hydrogen) atoms. The van der Waals surface area contributed by atoms with Crippen LogP contribution in [0.15, 0.2) is 54.6 Å². The normalized spacial score (nSPS) is 17.6. The summed E-state index contributed by atoms with van der Waals surface area (Å²) >= 11 is 0. The summed E-state index contributed by atoms with van der Waals surface area (Å²) in [6, 6.07) is 16.3. The fourth-order valence-electron chi connectivity index (χ4n) is 5.48. The van der Waals surface area contributed by atoms with Crippen molar-refractivity contribution in [3.05, 3.63) is 88.7 Å². The SMILES string of the molecule is CCCCCCOc1ccc(C2CCC(CCc3ccc(-c4ccc(C)cc4)c(F)c3F)CC2)cc1F. The third-order valence-electron chi connectivity index (χ3n) is 7.88. The molecule has 4 rings (SSSR count). The van der Waals surface area contributed by atoms with E-state index in [4.69, 9.17) is 4.74 Å². The van der Waals surface area contributed by atoms with Crippen molar-refractivity contribution in [1.29, 1.82) is 0 Å². The van der Waals surface area contributed by atoms with Crippen molar-refractivity contribution >= 4 is 0 Å². The van der Waals surface area contributed by atoms with Crippen LogP contribution < -0.4 is 4.74 Å². The van der Waals surface area contributed by atoms with E-state index in [0.29, 0.717) is 47.3 Å². The van der Waals surface area contributed by atoms with Crippen LogP contribution in [-0.2, 0) is 6.42 Å². The standard InChI is InChI=1S/C33H39F3O/c1-3-4-5-6-21-37-31-20-18-28(22-30(31)34)25-14-9-24(10-15-25)11-16-27-17-19-29(33(36)32(27)35)26-12-7-23(2)8-13-26/h7-8,12-13,17-20,22,24-25H,3-6,9-11,14-16,21H2,1-2H3. The summed E-state index contributed by atoms with van der Waals surface area (Å²) in [5.74, 6) is -0.605. The quantitative estimate of drug-likeness (QED) is 0.234. The first-order valence-corrected chi connectivity index (χ1v) is 13.9. The lowest BCUT2D eigenvalue weighted by atomic mass is 9.77. The monoisotopic (exact) mass is 508 g/mol. The van der Waals surface area contributed by atoms with E-state index in [1.54, 1.807) is 24.3 Å². The highest BCUT2D eigenvalue weighted by Gasteiger charge is 2.24. The Morgan fingerprint density at radius 2 is 1.57 bits per heavy atom. The second-order valence-corrected chi connectivity index (χ2v) is 10.6. The van der Waals surface area contributed by atoms with Gasteiger partial charge < -0.3 is 4.74 Å². The molecule has 0 unspecified atom stereocenters. The Bertz CT molecular complexity index is 1150. The van der Waals surface area contributed by atoms with Crippen molar-refractivity contribution in [2.45, 2.75) is 84.0 Å². The average molecular weight is 509 g/mol. The summed E-state index contributed by atoms with van der Waals surface area (Å²) < 4.78 is 49.9. The number of hydrogen-bond acceptors (Lipinski definition) is 1. The van der Waals surface area contributed by atoms with Crippen LogP contribution in [0.3, 0.4) is 0 Å². The van der Waals surface area contributed by atoms with E-state index in [1.807, 2.05) is 37.3 Å². The summed E-state index contributed by atoms with van der Waals surface area (Å²) in [5.41, 5.74) is 3.56. The van der Waals surface area contributed by atoms with Gasteiger partial charge in [-0.25, -0.2) is 13.2 Å². The molecule has 3 aromatic rings. The topological polar surface area (TPSA) is 9.23 Å².